The number of phosphoric acid groups is 2. The zero-order valence-electron chi connectivity index (χ0n) is 66.1. The molecule has 0 amide bonds. The van der Waals surface area contributed by atoms with Crippen LogP contribution in [0.25, 0.3) is 0 Å². The third-order valence-electron chi connectivity index (χ3n) is 19.3. The van der Waals surface area contributed by atoms with E-state index >= 15 is 0 Å². The Morgan fingerprint density at radius 3 is 0.673 bits per heavy atom. The second kappa shape index (κ2) is 74.9. The van der Waals surface area contributed by atoms with Crippen molar-refractivity contribution >= 4 is 39.5 Å². The van der Waals surface area contributed by atoms with Crippen LogP contribution < -0.4 is 0 Å². The van der Waals surface area contributed by atoms with Gasteiger partial charge < -0.3 is 33.8 Å². The number of carbonyl (C=O) groups excluding carboxylic acids is 4. The quantitative estimate of drug-likeness (QED) is 0.0222. The molecule has 2 unspecified atom stereocenters. The van der Waals surface area contributed by atoms with E-state index < -0.39 is 97.5 Å². The Bertz CT molecular complexity index is 1930. The first-order chi connectivity index (χ1) is 49.0. The molecule has 0 radical (unpaired) electrons. The van der Waals surface area contributed by atoms with Gasteiger partial charge in [-0.15, -0.1) is 0 Å². The number of hydrogen-bond acceptors (Lipinski definition) is 15. The summed E-state index contributed by atoms with van der Waals surface area (Å²) in [6, 6.07) is 0. The zero-order chi connectivity index (χ0) is 74.1. The standard InChI is InChI=1S/C82H160O17P2/c1-6-9-12-15-18-21-24-26-27-28-29-30-31-36-39-43-48-53-58-63-68-82(87)99-78(72-93-80(85)66-61-56-51-46-42-38-35-33-32-34-37-40-44-49-54-59-64-75(4)5)74-97-101(90,91)95-70-76(83)69-94-100(88,89)96-73-77(71-92-79(84)65-60-55-50-45-23-20-17-14-11-8-3)98-81(86)67-62-57-52-47-41-25-22-19-16-13-10-7-2/h75-78,83H,6-74H2,1-5H3,(H,88,89)(H,90,91)/t76-,77+,78+/m0/s1. The minimum absolute atomic E-state index is 0.108. The van der Waals surface area contributed by atoms with E-state index in [1.54, 1.807) is 0 Å². The van der Waals surface area contributed by atoms with E-state index in [4.69, 9.17) is 37.0 Å². The summed E-state index contributed by atoms with van der Waals surface area (Å²) < 4.78 is 68.7. The fraction of sp³-hybridized carbons (Fsp3) is 0.951. The van der Waals surface area contributed by atoms with E-state index in [-0.39, 0.29) is 25.7 Å². The first-order valence-corrected chi connectivity index (χ1v) is 45.6. The molecule has 0 aliphatic rings. The van der Waals surface area contributed by atoms with Crippen molar-refractivity contribution in [1.82, 2.24) is 0 Å². The van der Waals surface area contributed by atoms with Crippen LogP contribution in [0.15, 0.2) is 0 Å². The van der Waals surface area contributed by atoms with Crippen molar-refractivity contribution in [2.45, 2.75) is 457 Å². The molecule has 0 saturated carbocycles. The molecule has 0 fully saturated rings. The highest BCUT2D eigenvalue weighted by Gasteiger charge is 2.30. The first-order valence-electron chi connectivity index (χ1n) is 42.6. The van der Waals surface area contributed by atoms with E-state index in [1.165, 1.54) is 263 Å². The summed E-state index contributed by atoms with van der Waals surface area (Å²) in [6.07, 6.45) is 66.6. The number of unbranched alkanes of at least 4 members (excludes halogenated alkanes) is 54. The van der Waals surface area contributed by atoms with Gasteiger partial charge in [0.2, 0.25) is 0 Å². The lowest BCUT2D eigenvalue weighted by atomic mass is 10.0. The van der Waals surface area contributed by atoms with E-state index in [2.05, 4.69) is 34.6 Å². The lowest BCUT2D eigenvalue weighted by Gasteiger charge is -2.21. The van der Waals surface area contributed by atoms with Crippen LogP contribution >= 0.6 is 15.6 Å². The van der Waals surface area contributed by atoms with Crippen LogP contribution in [0, 0.1) is 5.92 Å². The Morgan fingerprint density at radius 2 is 0.455 bits per heavy atom. The SMILES string of the molecule is CCCCCCCCCCCCCCCCCCCCCCC(=O)O[C@H](COC(=O)CCCCCCCCCCCCCCCCCCC(C)C)COP(=O)(O)OC[C@@H](O)COP(=O)(O)OC[C@@H](COC(=O)CCCCCCCCCCCC)OC(=O)CCCCCCCCCCCCCC. The maximum Gasteiger partial charge on any atom is 0.472 e. The molecule has 0 aliphatic heterocycles. The van der Waals surface area contributed by atoms with Crippen molar-refractivity contribution in [2.75, 3.05) is 39.6 Å². The maximum atomic E-state index is 13.1. The van der Waals surface area contributed by atoms with E-state index in [0.29, 0.717) is 25.7 Å². The molecule has 0 aliphatic carbocycles. The molecule has 600 valence electrons. The molecule has 0 saturated heterocycles. The highest BCUT2D eigenvalue weighted by molar-refractivity contribution is 7.47. The Morgan fingerprint density at radius 1 is 0.267 bits per heavy atom. The fourth-order valence-electron chi connectivity index (χ4n) is 12.8. The summed E-state index contributed by atoms with van der Waals surface area (Å²) in [5.41, 5.74) is 0. The van der Waals surface area contributed by atoms with E-state index in [9.17, 15) is 43.2 Å². The molecule has 5 atom stereocenters. The summed E-state index contributed by atoms with van der Waals surface area (Å²) in [7, 11) is -9.92. The fourth-order valence-corrected chi connectivity index (χ4v) is 14.3. The molecular weight excluding hydrogens is 1320 g/mol. The topological polar surface area (TPSA) is 237 Å². The van der Waals surface area contributed by atoms with Gasteiger partial charge in [-0.1, -0.05) is 388 Å². The maximum absolute atomic E-state index is 13.1. The van der Waals surface area contributed by atoms with Gasteiger partial charge in [-0.2, -0.15) is 0 Å². The van der Waals surface area contributed by atoms with Gasteiger partial charge in [0.15, 0.2) is 12.2 Å². The number of hydrogen-bond donors (Lipinski definition) is 3. The molecule has 101 heavy (non-hydrogen) atoms. The van der Waals surface area contributed by atoms with Gasteiger partial charge in [-0.05, 0) is 31.6 Å². The van der Waals surface area contributed by atoms with Gasteiger partial charge in [-0.3, -0.25) is 37.3 Å². The van der Waals surface area contributed by atoms with Crippen molar-refractivity contribution in [1.29, 1.82) is 0 Å². The van der Waals surface area contributed by atoms with Gasteiger partial charge in [0, 0.05) is 25.7 Å². The van der Waals surface area contributed by atoms with Gasteiger partial charge in [-0.25, -0.2) is 9.13 Å². The highest BCUT2D eigenvalue weighted by atomic mass is 31.2. The predicted molar refractivity (Wildman–Crippen MR) is 414 cm³/mol. The van der Waals surface area contributed by atoms with E-state index in [0.717, 1.165) is 95.8 Å². The van der Waals surface area contributed by atoms with Gasteiger partial charge in [0.1, 0.15) is 19.3 Å². The first kappa shape index (κ1) is 99.1. The molecule has 0 aromatic carbocycles. The number of ether oxygens (including phenoxy) is 4. The molecule has 0 spiro atoms. The number of aliphatic hydroxyl groups is 1. The number of esters is 4. The minimum Gasteiger partial charge on any atom is -0.462 e. The van der Waals surface area contributed by atoms with Crippen LogP contribution in [-0.4, -0.2) is 96.7 Å². The summed E-state index contributed by atoms with van der Waals surface area (Å²) in [6.45, 7) is 7.36. The zero-order valence-corrected chi connectivity index (χ0v) is 67.8. The summed E-state index contributed by atoms with van der Waals surface area (Å²) >= 11 is 0. The summed E-state index contributed by atoms with van der Waals surface area (Å²) in [5.74, 6) is -1.29. The van der Waals surface area contributed by atoms with E-state index in [1.807, 2.05) is 0 Å². The summed E-state index contributed by atoms with van der Waals surface area (Å²) in [4.78, 5) is 73.0. The average molecular weight is 1480 g/mol. The third kappa shape index (κ3) is 76.1. The van der Waals surface area contributed by atoms with Crippen molar-refractivity contribution < 1.29 is 80.2 Å². The number of phosphoric ester groups is 2. The molecule has 0 aromatic rings. The van der Waals surface area contributed by atoms with Crippen LogP contribution in [-0.2, 0) is 65.4 Å². The second-order valence-electron chi connectivity index (χ2n) is 30.0. The molecule has 0 bridgehead atoms. The smallest absolute Gasteiger partial charge is 0.462 e. The van der Waals surface area contributed by atoms with Crippen LogP contribution in [0.1, 0.15) is 439 Å². The second-order valence-corrected chi connectivity index (χ2v) is 32.9. The Kier molecular flexibility index (Phi) is 73.5. The Hall–Kier alpha value is -1.94. The minimum atomic E-state index is -4.96. The number of rotatable bonds is 82. The molecule has 3 N–H and O–H groups in total. The van der Waals surface area contributed by atoms with Crippen LogP contribution in [0.3, 0.4) is 0 Å². The van der Waals surface area contributed by atoms with Gasteiger partial charge >= 0.3 is 39.5 Å². The molecular formula is C82H160O17P2. The monoisotopic (exact) mass is 1480 g/mol. The molecule has 0 rings (SSSR count). The van der Waals surface area contributed by atoms with Gasteiger partial charge in [0.25, 0.3) is 0 Å². The Balaban J connectivity index is 5.21. The molecule has 19 heteroatoms. The average Bonchev–Trinajstić information content (AvgIpc) is 0.949. The van der Waals surface area contributed by atoms with Crippen molar-refractivity contribution in [3.05, 3.63) is 0 Å². The van der Waals surface area contributed by atoms with Gasteiger partial charge in [0.05, 0.1) is 26.4 Å². The molecule has 17 nitrogen and oxygen atoms in total. The highest BCUT2D eigenvalue weighted by Crippen LogP contribution is 2.45. The van der Waals surface area contributed by atoms with Crippen LogP contribution in [0.5, 0.6) is 0 Å². The van der Waals surface area contributed by atoms with Crippen molar-refractivity contribution in [3.63, 3.8) is 0 Å². The summed E-state index contributed by atoms with van der Waals surface area (Å²) in [5, 5.41) is 10.6. The normalized spacial score (nSPS) is 13.8. The Labute approximate surface area is 619 Å². The third-order valence-corrected chi connectivity index (χ3v) is 21.2. The number of aliphatic hydroxyl groups excluding tert-OH is 1. The predicted octanol–water partition coefficient (Wildman–Crippen LogP) is 24.8. The molecule has 0 aromatic heterocycles. The van der Waals surface area contributed by atoms with Crippen LogP contribution in [0.4, 0.5) is 0 Å². The lowest BCUT2D eigenvalue weighted by Crippen LogP contribution is -2.30. The molecule has 0 heterocycles. The van der Waals surface area contributed by atoms with Crippen LogP contribution in [0.2, 0.25) is 0 Å². The van der Waals surface area contributed by atoms with Crippen molar-refractivity contribution in [2.24, 2.45) is 5.92 Å². The lowest BCUT2D eigenvalue weighted by molar-refractivity contribution is -0.161. The number of carbonyl (C=O) groups is 4. The largest absolute Gasteiger partial charge is 0.472 e. The van der Waals surface area contributed by atoms with Crippen molar-refractivity contribution in [3.8, 4) is 0 Å².